The summed E-state index contributed by atoms with van der Waals surface area (Å²) in [5.41, 5.74) is 0.640. The van der Waals surface area contributed by atoms with Crippen molar-refractivity contribution in [1.29, 1.82) is 0 Å². The monoisotopic (exact) mass is 417 g/mol. The van der Waals surface area contributed by atoms with E-state index >= 15 is 0 Å². The van der Waals surface area contributed by atoms with Crippen LogP contribution in [-0.2, 0) is 6.54 Å². The van der Waals surface area contributed by atoms with E-state index in [2.05, 4.69) is 0 Å². The maximum Gasteiger partial charge on any atom is 0.291 e. The SMILES string of the molecule is O=C1c2oc3ccc(F)cc3c(=O)c2[C@H](c2cccc(O)c2)N1Cc1ccccc1O. The van der Waals surface area contributed by atoms with Gasteiger partial charge in [0.2, 0.25) is 5.76 Å². The molecule has 1 aliphatic heterocycles. The van der Waals surface area contributed by atoms with Gasteiger partial charge in [-0.25, -0.2) is 4.39 Å². The first-order valence-electron chi connectivity index (χ1n) is 9.57. The highest BCUT2D eigenvalue weighted by atomic mass is 19.1. The molecule has 6 nitrogen and oxygen atoms in total. The number of phenolic OH excluding ortho intramolecular Hbond substituents is 2. The molecule has 1 atom stereocenters. The fraction of sp³-hybridized carbons (Fsp3) is 0.0833. The summed E-state index contributed by atoms with van der Waals surface area (Å²) in [6.07, 6.45) is 0. The van der Waals surface area contributed by atoms with Gasteiger partial charge in [-0.1, -0.05) is 30.3 Å². The van der Waals surface area contributed by atoms with Gasteiger partial charge in [0.25, 0.3) is 5.91 Å². The summed E-state index contributed by atoms with van der Waals surface area (Å²) in [7, 11) is 0. The summed E-state index contributed by atoms with van der Waals surface area (Å²) in [5.74, 6) is -1.28. The Morgan fingerprint density at radius 3 is 2.55 bits per heavy atom. The number of amides is 1. The third-order valence-electron chi connectivity index (χ3n) is 5.45. The Morgan fingerprint density at radius 2 is 1.77 bits per heavy atom. The van der Waals surface area contributed by atoms with Crippen LogP contribution in [0, 0.1) is 5.82 Å². The molecule has 2 heterocycles. The van der Waals surface area contributed by atoms with Crippen molar-refractivity contribution in [1.82, 2.24) is 4.90 Å². The van der Waals surface area contributed by atoms with Gasteiger partial charge in [-0.15, -0.1) is 0 Å². The van der Waals surface area contributed by atoms with E-state index in [0.29, 0.717) is 11.1 Å². The van der Waals surface area contributed by atoms with Gasteiger partial charge in [0.1, 0.15) is 22.9 Å². The van der Waals surface area contributed by atoms with Gasteiger partial charge >= 0.3 is 0 Å². The lowest BCUT2D eigenvalue weighted by Gasteiger charge is -2.25. The molecule has 31 heavy (non-hydrogen) atoms. The average molecular weight is 417 g/mol. The average Bonchev–Trinajstić information content (AvgIpc) is 3.02. The number of carbonyl (C=O) groups is 1. The van der Waals surface area contributed by atoms with Crippen LogP contribution in [0.1, 0.15) is 33.3 Å². The predicted molar refractivity (Wildman–Crippen MR) is 110 cm³/mol. The number of halogens is 1. The minimum Gasteiger partial charge on any atom is -0.508 e. The van der Waals surface area contributed by atoms with Crippen LogP contribution in [0.4, 0.5) is 4.39 Å². The molecule has 0 aliphatic carbocycles. The highest BCUT2D eigenvalue weighted by molar-refractivity contribution is 5.99. The number of hydrogen-bond donors (Lipinski definition) is 2. The molecule has 1 aromatic heterocycles. The van der Waals surface area contributed by atoms with E-state index < -0.39 is 23.2 Å². The summed E-state index contributed by atoms with van der Waals surface area (Å²) in [6, 6.07) is 15.5. The highest BCUT2D eigenvalue weighted by Crippen LogP contribution is 2.40. The molecule has 7 heteroatoms. The van der Waals surface area contributed by atoms with E-state index in [4.69, 9.17) is 4.42 Å². The summed E-state index contributed by atoms with van der Waals surface area (Å²) >= 11 is 0. The maximum absolute atomic E-state index is 13.8. The van der Waals surface area contributed by atoms with Crippen molar-refractivity contribution in [3.8, 4) is 11.5 Å². The Bertz CT molecular complexity index is 1410. The second kappa shape index (κ2) is 6.98. The lowest BCUT2D eigenvalue weighted by Crippen LogP contribution is -2.29. The number of fused-ring (bicyclic) bond motifs is 2. The normalized spacial score (nSPS) is 15.5. The lowest BCUT2D eigenvalue weighted by molar-refractivity contribution is 0.0713. The van der Waals surface area contributed by atoms with Crippen molar-refractivity contribution in [2.75, 3.05) is 0 Å². The van der Waals surface area contributed by atoms with Crippen LogP contribution in [0.5, 0.6) is 11.5 Å². The minimum atomic E-state index is -0.877. The topological polar surface area (TPSA) is 91.0 Å². The van der Waals surface area contributed by atoms with Crippen molar-refractivity contribution in [2.45, 2.75) is 12.6 Å². The molecule has 154 valence electrons. The predicted octanol–water partition coefficient (Wildman–Crippen LogP) is 4.09. The van der Waals surface area contributed by atoms with Gasteiger partial charge in [0.15, 0.2) is 5.43 Å². The number of carbonyl (C=O) groups excluding carboxylic acids is 1. The van der Waals surface area contributed by atoms with Crippen LogP contribution < -0.4 is 5.43 Å². The Morgan fingerprint density at radius 1 is 0.968 bits per heavy atom. The van der Waals surface area contributed by atoms with E-state index in [9.17, 15) is 24.2 Å². The quantitative estimate of drug-likeness (QED) is 0.524. The summed E-state index contributed by atoms with van der Waals surface area (Å²) in [5, 5.41) is 20.2. The van der Waals surface area contributed by atoms with E-state index in [0.717, 1.165) is 12.1 Å². The van der Waals surface area contributed by atoms with Gasteiger partial charge in [-0.2, -0.15) is 0 Å². The first-order valence-corrected chi connectivity index (χ1v) is 9.57. The molecule has 1 amide bonds. The van der Waals surface area contributed by atoms with Crippen molar-refractivity contribution in [2.24, 2.45) is 0 Å². The van der Waals surface area contributed by atoms with Gasteiger partial charge < -0.3 is 19.5 Å². The summed E-state index contributed by atoms with van der Waals surface area (Å²) in [4.78, 5) is 28.1. The molecule has 0 unspecified atom stereocenters. The molecule has 4 aromatic rings. The molecule has 0 spiro atoms. The number of rotatable bonds is 3. The maximum atomic E-state index is 13.8. The second-order valence-electron chi connectivity index (χ2n) is 7.37. The molecule has 0 saturated heterocycles. The van der Waals surface area contributed by atoms with Crippen molar-refractivity contribution in [3.63, 3.8) is 0 Å². The number of hydrogen-bond acceptors (Lipinski definition) is 5. The molecule has 1 aliphatic rings. The number of benzene rings is 3. The molecule has 0 radical (unpaired) electrons. The summed E-state index contributed by atoms with van der Waals surface area (Å²) in [6.45, 7) is 0.000174. The van der Waals surface area contributed by atoms with Crippen LogP contribution in [0.3, 0.4) is 0 Å². The van der Waals surface area contributed by atoms with E-state index in [1.807, 2.05) is 0 Å². The third-order valence-corrected chi connectivity index (χ3v) is 5.45. The van der Waals surface area contributed by atoms with Crippen molar-refractivity contribution < 1.29 is 23.8 Å². The molecule has 2 N–H and O–H groups in total. The van der Waals surface area contributed by atoms with Crippen molar-refractivity contribution in [3.05, 3.63) is 105 Å². The van der Waals surface area contributed by atoms with Crippen LogP contribution in [0.25, 0.3) is 11.0 Å². The Kier molecular flexibility index (Phi) is 4.25. The first-order chi connectivity index (χ1) is 14.9. The highest BCUT2D eigenvalue weighted by Gasteiger charge is 2.43. The van der Waals surface area contributed by atoms with E-state index in [1.165, 1.54) is 29.2 Å². The van der Waals surface area contributed by atoms with Gasteiger partial charge in [0, 0.05) is 5.56 Å². The van der Waals surface area contributed by atoms with Gasteiger partial charge in [0.05, 0.1) is 23.5 Å². The van der Waals surface area contributed by atoms with Crippen LogP contribution in [0.15, 0.2) is 75.9 Å². The first kappa shape index (κ1) is 18.9. The van der Waals surface area contributed by atoms with Crippen LogP contribution in [0.2, 0.25) is 0 Å². The van der Waals surface area contributed by atoms with Gasteiger partial charge in [-0.05, 0) is 42.0 Å². The number of para-hydroxylation sites is 1. The number of nitrogens with zero attached hydrogens (tertiary/aromatic N) is 1. The van der Waals surface area contributed by atoms with Gasteiger partial charge in [-0.3, -0.25) is 9.59 Å². The molecular weight excluding hydrogens is 401 g/mol. The molecular formula is C24H16FNO5. The largest absolute Gasteiger partial charge is 0.508 e. The Hall–Kier alpha value is -4.13. The fourth-order valence-corrected chi connectivity index (χ4v) is 4.03. The number of phenols is 2. The molecule has 0 saturated carbocycles. The fourth-order valence-electron chi connectivity index (χ4n) is 4.03. The standard InChI is InChI=1S/C24H16FNO5/c25-15-8-9-19-17(11-15)22(29)20-21(13-5-3-6-16(27)10-13)26(24(30)23(20)31-19)12-14-4-1-2-7-18(14)28/h1-11,21,27-28H,12H2/t21-/m0/s1. The minimum absolute atomic E-state index is 0.000174. The van der Waals surface area contributed by atoms with Crippen LogP contribution in [-0.4, -0.2) is 21.0 Å². The molecule has 0 bridgehead atoms. The van der Waals surface area contributed by atoms with E-state index in [1.54, 1.807) is 30.3 Å². The van der Waals surface area contributed by atoms with Crippen molar-refractivity contribution >= 4 is 16.9 Å². The zero-order valence-corrected chi connectivity index (χ0v) is 16.1. The third kappa shape index (κ3) is 3.02. The van der Waals surface area contributed by atoms with Crippen LogP contribution >= 0.6 is 0 Å². The summed E-state index contributed by atoms with van der Waals surface area (Å²) < 4.78 is 19.6. The lowest BCUT2D eigenvalue weighted by atomic mass is 9.98. The Labute approximate surface area is 175 Å². The second-order valence-corrected chi connectivity index (χ2v) is 7.37. The Balaban J connectivity index is 1.75. The molecule has 0 fully saturated rings. The molecule has 5 rings (SSSR count). The van der Waals surface area contributed by atoms with E-state index in [-0.39, 0.29) is 40.3 Å². The zero-order valence-electron chi connectivity index (χ0n) is 16.1. The zero-order chi connectivity index (χ0) is 21.7. The molecule has 3 aromatic carbocycles. The smallest absolute Gasteiger partial charge is 0.291 e. The number of aromatic hydroxyl groups is 2.